The standard InChI is InChI=1S/C19H26N2O4/c1-13(19(23)21-8-4-3-5-9-21)20-18(22)15-10-14-6-7-16(24-2)11-17(14)25-12-15/h6-7,11,13,15H,3-5,8-10,12H2,1-2H3,(H,20,22)/t13-,15+/m0/s1. The summed E-state index contributed by atoms with van der Waals surface area (Å²) in [5, 5.41) is 2.87. The number of rotatable bonds is 4. The predicted molar refractivity (Wildman–Crippen MR) is 93.7 cm³/mol. The molecule has 3 rings (SSSR count). The van der Waals surface area contributed by atoms with E-state index in [1.165, 1.54) is 6.42 Å². The van der Waals surface area contributed by atoms with Gasteiger partial charge in [0, 0.05) is 19.2 Å². The number of nitrogens with one attached hydrogen (secondary N) is 1. The molecule has 2 amide bonds. The quantitative estimate of drug-likeness (QED) is 0.902. The highest BCUT2D eigenvalue weighted by molar-refractivity contribution is 5.88. The van der Waals surface area contributed by atoms with Crippen LogP contribution in [0.1, 0.15) is 31.7 Å². The summed E-state index contributed by atoms with van der Waals surface area (Å²) in [5.74, 6) is 1.11. The summed E-state index contributed by atoms with van der Waals surface area (Å²) in [7, 11) is 1.61. The van der Waals surface area contributed by atoms with E-state index in [9.17, 15) is 9.59 Å². The zero-order valence-corrected chi connectivity index (χ0v) is 14.9. The molecule has 0 unspecified atom stereocenters. The van der Waals surface area contributed by atoms with Crippen LogP contribution in [-0.2, 0) is 16.0 Å². The molecular weight excluding hydrogens is 320 g/mol. The molecule has 25 heavy (non-hydrogen) atoms. The summed E-state index contributed by atoms with van der Waals surface area (Å²) in [6.45, 7) is 3.66. The maximum atomic E-state index is 12.5. The second-order valence-electron chi connectivity index (χ2n) is 6.80. The van der Waals surface area contributed by atoms with Gasteiger partial charge in [-0.15, -0.1) is 0 Å². The Morgan fingerprint density at radius 1 is 1.28 bits per heavy atom. The monoisotopic (exact) mass is 346 g/mol. The number of hydrogen-bond donors (Lipinski definition) is 1. The highest BCUT2D eigenvalue weighted by Gasteiger charge is 2.30. The van der Waals surface area contributed by atoms with Gasteiger partial charge in [-0.25, -0.2) is 0 Å². The van der Waals surface area contributed by atoms with Gasteiger partial charge in [-0.2, -0.15) is 0 Å². The van der Waals surface area contributed by atoms with Gasteiger partial charge in [-0.3, -0.25) is 9.59 Å². The molecule has 0 spiro atoms. The normalized spacial score (nSPS) is 20.9. The first-order valence-electron chi connectivity index (χ1n) is 8.97. The Balaban J connectivity index is 1.57. The van der Waals surface area contributed by atoms with Crippen molar-refractivity contribution >= 4 is 11.8 Å². The number of benzene rings is 1. The molecule has 2 aliphatic rings. The van der Waals surface area contributed by atoms with E-state index in [-0.39, 0.29) is 17.7 Å². The van der Waals surface area contributed by atoms with E-state index in [0.29, 0.717) is 13.0 Å². The van der Waals surface area contributed by atoms with Gasteiger partial charge in [0.1, 0.15) is 24.1 Å². The average Bonchev–Trinajstić information content (AvgIpc) is 2.67. The van der Waals surface area contributed by atoms with Crippen LogP contribution in [0, 0.1) is 5.92 Å². The van der Waals surface area contributed by atoms with Crippen molar-refractivity contribution in [2.24, 2.45) is 5.92 Å². The molecule has 6 heteroatoms. The fourth-order valence-electron chi connectivity index (χ4n) is 3.43. The molecule has 0 bridgehead atoms. The second kappa shape index (κ2) is 7.76. The number of nitrogens with zero attached hydrogens (tertiary/aromatic N) is 1. The molecule has 2 heterocycles. The maximum absolute atomic E-state index is 12.5. The van der Waals surface area contributed by atoms with Crippen molar-refractivity contribution in [1.82, 2.24) is 10.2 Å². The number of likely N-dealkylation sites (tertiary alicyclic amines) is 1. The van der Waals surface area contributed by atoms with Crippen LogP contribution in [0.5, 0.6) is 11.5 Å². The minimum Gasteiger partial charge on any atom is -0.497 e. The molecule has 0 aromatic heterocycles. The maximum Gasteiger partial charge on any atom is 0.244 e. The van der Waals surface area contributed by atoms with Crippen molar-refractivity contribution in [3.05, 3.63) is 23.8 Å². The molecule has 1 aromatic rings. The number of amides is 2. The van der Waals surface area contributed by atoms with Crippen LogP contribution in [0.25, 0.3) is 0 Å². The van der Waals surface area contributed by atoms with Crippen LogP contribution in [0.2, 0.25) is 0 Å². The van der Waals surface area contributed by atoms with Crippen molar-refractivity contribution in [2.75, 3.05) is 26.8 Å². The Bertz CT molecular complexity index is 640. The molecular formula is C19H26N2O4. The highest BCUT2D eigenvalue weighted by atomic mass is 16.5. The lowest BCUT2D eigenvalue weighted by molar-refractivity contribution is -0.138. The van der Waals surface area contributed by atoms with Gasteiger partial charge in [0.25, 0.3) is 0 Å². The number of carbonyl (C=O) groups is 2. The van der Waals surface area contributed by atoms with E-state index in [1.807, 2.05) is 23.1 Å². The van der Waals surface area contributed by atoms with Crippen molar-refractivity contribution in [3.63, 3.8) is 0 Å². The minimum atomic E-state index is -0.497. The lowest BCUT2D eigenvalue weighted by Crippen LogP contribution is -2.50. The first-order chi connectivity index (χ1) is 12.1. The van der Waals surface area contributed by atoms with Crippen molar-refractivity contribution in [3.8, 4) is 11.5 Å². The van der Waals surface area contributed by atoms with E-state index in [4.69, 9.17) is 9.47 Å². The molecule has 2 aliphatic heterocycles. The summed E-state index contributed by atoms with van der Waals surface area (Å²) in [6, 6.07) is 5.13. The molecule has 1 aromatic carbocycles. The number of ether oxygens (including phenoxy) is 2. The van der Waals surface area contributed by atoms with Gasteiger partial charge in [0.2, 0.25) is 11.8 Å². The molecule has 136 valence electrons. The zero-order valence-electron chi connectivity index (χ0n) is 14.9. The highest BCUT2D eigenvalue weighted by Crippen LogP contribution is 2.31. The van der Waals surface area contributed by atoms with Gasteiger partial charge in [0.05, 0.1) is 13.0 Å². The van der Waals surface area contributed by atoms with Gasteiger partial charge in [0.15, 0.2) is 0 Å². The lowest BCUT2D eigenvalue weighted by atomic mass is 9.95. The third kappa shape index (κ3) is 4.06. The number of methoxy groups -OCH3 is 1. The molecule has 0 aliphatic carbocycles. The van der Waals surface area contributed by atoms with Crippen LogP contribution >= 0.6 is 0 Å². The molecule has 1 saturated heterocycles. The summed E-state index contributed by atoms with van der Waals surface area (Å²) < 4.78 is 10.9. The van der Waals surface area contributed by atoms with E-state index in [1.54, 1.807) is 14.0 Å². The number of carbonyl (C=O) groups excluding carboxylic acids is 2. The second-order valence-corrected chi connectivity index (χ2v) is 6.80. The minimum absolute atomic E-state index is 0.00918. The largest absolute Gasteiger partial charge is 0.497 e. The van der Waals surface area contributed by atoms with Crippen molar-refractivity contribution < 1.29 is 19.1 Å². The lowest BCUT2D eigenvalue weighted by Gasteiger charge is -2.30. The van der Waals surface area contributed by atoms with Gasteiger partial charge < -0.3 is 19.7 Å². The Kier molecular flexibility index (Phi) is 5.46. The topological polar surface area (TPSA) is 67.9 Å². The third-order valence-electron chi connectivity index (χ3n) is 4.95. The summed E-state index contributed by atoms with van der Waals surface area (Å²) in [4.78, 5) is 26.8. The van der Waals surface area contributed by atoms with Gasteiger partial charge in [-0.05, 0) is 44.2 Å². The number of hydrogen-bond acceptors (Lipinski definition) is 4. The molecule has 2 atom stereocenters. The van der Waals surface area contributed by atoms with Crippen LogP contribution < -0.4 is 14.8 Å². The first-order valence-corrected chi connectivity index (χ1v) is 8.97. The molecule has 1 N–H and O–H groups in total. The summed E-state index contributed by atoms with van der Waals surface area (Å²) >= 11 is 0. The van der Waals surface area contributed by atoms with Gasteiger partial charge >= 0.3 is 0 Å². The SMILES string of the molecule is COc1ccc2c(c1)OC[C@H](C(=O)N[C@@H](C)C(=O)N1CCCCC1)C2. The summed E-state index contributed by atoms with van der Waals surface area (Å²) in [6.07, 6.45) is 3.87. The zero-order chi connectivity index (χ0) is 17.8. The Hall–Kier alpha value is -2.24. The van der Waals surface area contributed by atoms with E-state index in [2.05, 4.69) is 5.32 Å². The smallest absolute Gasteiger partial charge is 0.244 e. The van der Waals surface area contributed by atoms with Crippen LogP contribution in [0.3, 0.4) is 0 Å². The van der Waals surface area contributed by atoms with Crippen LogP contribution in [-0.4, -0.2) is 49.6 Å². The molecule has 6 nitrogen and oxygen atoms in total. The van der Waals surface area contributed by atoms with E-state index in [0.717, 1.165) is 43.0 Å². The van der Waals surface area contributed by atoms with Gasteiger partial charge in [-0.1, -0.05) is 6.07 Å². The third-order valence-corrected chi connectivity index (χ3v) is 4.95. The van der Waals surface area contributed by atoms with Crippen LogP contribution in [0.15, 0.2) is 18.2 Å². The first kappa shape index (κ1) is 17.6. The fourth-order valence-corrected chi connectivity index (χ4v) is 3.43. The average molecular weight is 346 g/mol. The summed E-state index contributed by atoms with van der Waals surface area (Å²) in [5.41, 5.74) is 0.988. The van der Waals surface area contributed by atoms with Crippen molar-refractivity contribution in [1.29, 1.82) is 0 Å². The number of piperidine rings is 1. The fraction of sp³-hybridized carbons (Fsp3) is 0.579. The molecule has 0 saturated carbocycles. The molecule has 1 fully saturated rings. The molecule has 0 radical (unpaired) electrons. The van der Waals surface area contributed by atoms with Crippen LogP contribution in [0.4, 0.5) is 0 Å². The predicted octanol–water partition coefficient (Wildman–Crippen LogP) is 1.76. The van der Waals surface area contributed by atoms with E-state index < -0.39 is 6.04 Å². The van der Waals surface area contributed by atoms with Crippen molar-refractivity contribution in [2.45, 2.75) is 38.6 Å². The Morgan fingerprint density at radius 2 is 2.04 bits per heavy atom. The number of fused-ring (bicyclic) bond motifs is 1. The Morgan fingerprint density at radius 3 is 2.76 bits per heavy atom. The Labute approximate surface area is 148 Å². The van der Waals surface area contributed by atoms with E-state index >= 15 is 0 Å².